The minimum Gasteiger partial charge on any atom is -0.358 e. The molecule has 0 aromatic carbocycles. The third kappa shape index (κ3) is 2.48. The second kappa shape index (κ2) is 6.41. The quantitative estimate of drug-likeness (QED) is 0.769. The number of hydrogen-bond donors (Lipinski definition) is 2. The number of rotatable bonds is 5. The monoisotopic (exact) mass is 316 g/mol. The highest BCUT2D eigenvalue weighted by Crippen LogP contribution is 2.42. The predicted molar refractivity (Wildman–Crippen MR) is 87.7 cm³/mol. The summed E-state index contributed by atoms with van der Waals surface area (Å²) >= 11 is 7.16. The van der Waals surface area contributed by atoms with Crippen molar-refractivity contribution in [3.8, 4) is 11.4 Å². The summed E-state index contributed by atoms with van der Waals surface area (Å²) < 4.78 is 0. The van der Waals surface area contributed by atoms with Crippen molar-refractivity contribution < 1.29 is 0 Å². The van der Waals surface area contributed by atoms with Crippen LogP contribution in [0.3, 0.4) is 0 Å². The second-order valence-electron chi connectivity index (χ2n) is 3.53. The van der Waals surface area contributed by atoms with Gasteiger partial charge in [0.05, 0.1) is 11.4 Å². The Labute approximate surface area is 125 Å². The van der Waals surface area contributed by atoms with E-state index in [1.165, 1.54) is 31.0 Å². The zero-order valence-electron chi connectivity index (χ0n) is 10.8. The average molecular weight is 317 g/mol. The highest BCUT2D eigenvalue weighted by atomic mass is 32.2. The SMILES string of the molecule is CSc1c[nH]c(-c2[nH]cc(SC)c2SC)c1SC. The smallest absolute Gasteiger partial charge is 0.0781 e. The lowest BCUT2D eigenvalue weighted by Crippen LogP contribution is -1.83. The van der Waals surface area contributed by atoms with Gasteiger partial charge in [0.1, 0.15) is 0 Å². The van der Waals surface area contributed by atoms with Crippen LogP contribution in [0, 0.1) is 0 Å². The summed E-state index contributed by atoms with van der Waals surface area (Å²) in [7, 11) is 0. The van der Waals surface area contributed by atoms with Gasteiger partial charge in [0, 0.05) is 32.0 Å². The fraction of sp³-hybridized carbons (Fsp3) is 0.333. The first-order chi connectivity index (χ1) is 8.76. The molecule has 18 heavy (non-hydrogen) atoms. The largest absolute Gasteiger partial charge is 0.358 e. The van der Waals surface area contributed by atoms with Crippen LogP contribution < -0.4 is 0 Å². The number of hydrogen-bond acceptors (Lipinski definition) is 4. The fourth-order valence-corrected chi connectivity index (χ4v) is 5.04. The minimum absolute atomic E-state index is 1.21. The number of H-pyrrole nitrogens is 2. The van der Waals surface area contributed by atoms with Crippen LogP contribution in [0.25, 0.3) is 11.4 Å². The molecular weight excluding hydrogens is 300 g/mol. The van der Waals surface area contributed by atoms with Crippen molar-refractivity contribution in [1.29, 1.82) is 0 Å². The van der Waals surface area contributed by atoms with E-state index in [1.807, 2.05) is 0 Å². The van der Waals surface area contributed by atoms with Crippen LogP contribution in [0.5, 0.6) is 0 Å². The molecule has 0 unspecified atom stereocenters. The summed E-state index contributed by atoms with van der Waals surface area (Å²) in [6, 6.07) is 0. The van der Waals surface area contributed by atoms with Gasteiger partial charge in [0.2, 0.25) is 0 Å². The maximum Gasteiger partial charge on any atom is 0.0781 e. The van der Waals surface area contributed by atoms with Crippen LogP contribution in [0.2, 0.25) is 0 Å². The molecule has 0 saturated carbocycles. The number of thioether (sulfide) groups is 4. The van der Waals surface area contributed by atoms with E-state index in [9.17, 15) is 0 Å². The van der Waals surface area contributed by atoms with Gasteiger partial charge >= 0.3 is 0 Å². The lowest BCUT2D eigenvalue weighted by molar-refractivity contribution is 1.25. The predicted octanol–water partition coefficient (Wildman–Crippen LogP) is 4.90. The summed E-state index contributed by atoms with van der Waals surface area (Å²) in [4.78, 5) is 12.1. The zero-order chi connectivity index (χ0) is 13.1. The molecule has 0 saturated heterocycles. The molecule has 0 aliphatic carbocycles. The van der Waals surface area contributed by atoms with Crippen molar-refractivity contribution in [3.63, 3.8) is 0 Å². The van der Waals surface area contributed by atoms with Crippen LogP contribution in [0.15, 0.2) is 32.0 Å². The average Bonchev–Trinajstić information content (AvgIpc) is 3.00. The first kappa shape index (κ1) is 14.4. The van der Waals surface area contributed by atoms with Gasteiger partial charge in [-0.3, -0.25) is 0 Å². The normalized spacial score (nSPS) is 11.1. The number of aromatic nitrogens is 2. The van der Waals surface area contributed by atoms with Gasteiger partial charge in [-0.05, 0) is 25.0 Å². The molecule has 98 valence electrons. The summed E-state index contributed by atoms with van der Waals surface area (Å²) in [5.41, 5.74) is 2.41. The molecule has 6 heteroatoms. The molecule has 2 aromatic rings. The molecule has 2 nitrogen and oxygen atoms in total. The Balaban J connectivity index is 2.54. The van der Waals surface area contributed by atoms with Gasteiger partial charge in [-0.15, -0.1) is 47.0 Å². The van der Waals surface area contributed by atoms with Crippen molar-refractivity contribution in [1.82, 2.24) is 9.97 Å². The summed E-state index contributed by atoms with van der Waals surface area (Å²) in [6.45, 7) is 0. The van der Waals surface area contributed by atoms with Gasteiger partial charge < -0.3 is 9.97 Å². The van der Waals surface area contributed by atoms with Gasteiger partial charge in [0.15, 0.2) is 0 Å². The molecule has 0 spiro atoms. The van der Waals surface area contributed by atoms with E-state index < -0.39 is 0 Å². The molecule has 2 rings (SSSR count). The molecular formula is C12H16N2S4. The Hall–Kier alpha value is -0.0400. The van der Waals surface area contributed by atoms with Crippen molar-refractivity contribution in [2.45, 2.75) is 19.6 Å². The fourth-order valence-electron chi connectivity index (χ4n) is 1.86. The molecule has 0 aliphatic rings. The molecule has 0 atom stereocenters. The minimum atomic E-state index is 1.21. The van der Waals surface area contributed by atoms with E-state index in [0.29, 0.717) is 0 Å². The molecule has 2 N–H and O–H groups in total. The van der Waals surface area contributed by atoms with Crippen LogP contribution >= 0.6 is 47.0 Å². The molecule has 0 aliphatic heterocycles. The first-order valence-electron chi connectivity index (χ1n) is 5.35. The van der Waals surface area contributed by atoms with E-state index in [1.54, 1.807) is 47.0 Å². The zero-order valence-corrected chi connectivity index (χ0v) is 14.1. The van der Waals surface area contributed by atoms with E-state index in [4.69, 9.17) is 0 Å². The first-order valence-corrected chi connectivity index (χ1v) is 10.3. The summed E-state index contributed by atoms with van der Waals surface area (Å²) in [5.74, 6) is 0. The van der Waals surface area contributed by atoms with Crippen LogP contribution in [-0.2, 0) is 0 Å². The lowest BCUT2D eigenvalue weighted by Gasteiger charge is -2.05. The van der Waals surface area contributed by atoms with Crippen molar-refractivity contribution >= 4 is 47.0 Å². The third-order valence-electron chi connectivity index (χ3n) is 2.69. The Bertz CT molecular complexity index is 482. The third-order valence-corrected chi connectivity index (χ3v) is 6.14. The molecule has 2 heterocycles. The number of nitrogens with one attached hydrogen (secondary N) is 2. The number of aromatic amines is 2. The maximum atomic E-state index is 3.41. The maximum absolute atomic E-state index is 3.41. The van der Waals surface area contributed by atoms with E-state index in [0.717, 1.165) is 0 Å². The Kier molecular flexibility index (Phi) is 5.12. The van der Waals surface area contributed by atoms with Crippen molar-refractivity contribution in [3.05, 3.63) is 12.4 Å². The molecule has 0 amide bonds. The molecule has 0 fully saturated rings. The van der Waals surface area contributed by atoms with Gasteiger partial charge in [-0.25, -0.2) is 0 Å². The Morgan fingerprint density at radius 3 is 1.33 bits per heavy atom. The van der Waals surface area contributed by atoms with Gasteiger partial charge in [0.25, 0.3) is 0 Å². The Morgan fingerprint density at radius 2 is 1.06 bits per heavy atom. The van der Waals surface area contributed by atoms with Crippen LogP contribution in [0.1, 0.15) is 0 Å². The molecule has 0 bridgehead atoms. The van der Waals surface area contributed by atoms with E-state index in [-0.39, 0.29) is 0 Å². The van der Waals surface area contributed by atoms with Gasteiger partial charge in [-0.2, -0.15) is 0 Å². The topological polar surface area (TPSA) is 31.6 Å². The van der Waals surface area contributed by atoms with Crippen molar-refractivity contribution in [2.75, 3.05) is 25.0 Å². The molecule has 0 radical (unpaired) electrons. The van der Waals surface area contributed by atoms with E-state index in [2.05, 4.69) is 47.4 Å². The van der Waals surface area contributed by atoms with Crippen LogP contribution in [0.4, 0.5) is 0 Å². The molecule has 2 aromatic heterocycles. The second-order valence-corrected chi connectivity index (χ2v) is 6.86. The summed E-state index contributed by atoms with van der Waals surface area (Å²) in [6.07, 6.45) is 12.7. The van der Waals surface area contributed by atoms with Gasteiger partial charge in [-0.1, -0.05) is 0 Å². The van der Waals surface area contributed by atoms with Crippen LogP contribution in [-0.4, -0.2) is 35.0 Å². The van der Waals surface area contributed by atoms with E-state index >= 15 is 0 Å². The highest BCUT2D eigenvalue weighted by Gasteiger charge is 2.18. The highest BCUT2D eigenvalue weighted by molar-refractivity contribution is 8.02. The lowest BCUT2D eigenvalue weighted by atomic mass is 10.3. The van der Waals surface area contributed by atoms with Crippen molar-refractivity contribution in [2.24, 2.45) is 0 Å². The Morgan fingerprint density at radius 1 is 0.667 bits per heavy atom. The standard InChI is InChI=1S/C12H16N2S4/c1-15-7-5-13-9(11(7)17-3)10-12(18-4)8(16-2)6-14-10/h5-6,13-14H,1-4H3. The summed E-state index contributed by atoms with van der Waals surface area (Å²) in [5, 5.41) is 0.